The van der Waals surface area contributed by atoms with Gasteiger partial charge >= 0.3 is 0 Å². The smallest absolute Gasteiger partial charge is 0.0107 e. The van der Waals surface area contributed by atoms with Crippen molar-refractivity contribution in [2.45, 2.75) is 64.5 Å². The van der Waals surface area contributed by atoms with E-state index in [1.165, 1.54) is 45.1 Å². The maximum Gasteiger partial charge on any atom is 0.0107 e. The monoisotopic (exact) mass is 212 g/mol. The summed E-state index contributed by atoms with van der Waals surface area (Å²) in [6.07, 6.45) is 8.14. The van der Waals surface area contributed by atoms with Crippen molar-refractivity contribution in [3.63, 3.8) is 0 Å². The van der Waals surface area contributed by atoms with Crippen LogP contribution in [-0.2, 0) is 0 Å². The minimum Gasteiger partial charge on any atom is -0.313 e. The van der Waals surface area contributed by atoms with Crippen molar-refractivity contribution >= 4 is 0 Å². The van der Waals surface area contributed by atoms with E-state index in [4.69, 9.17) is 0 Å². The Hall–Kier alpha value is -0.0800. The zero-order valence-electron chi connectivity index (χ0n) is 10.8. The van der Waals surface area contributed by atoms with Crippen molar-refractivity contribution in [1.82, 2.24) is 10.2 Å². The second-order valence-electron chi connectivity index (χ2n) is 4.91. The fraction of sp³-hybridized carbons (Fsp3) is 1.00. The van der Waals surface area contributed by atoms with E-state index in [9.17, 15) is 0 Å². The van der Waals surface area contributed by atoms with Crippen LogP contribution in [0.25, 0.3) is 0 Å². The standard InChI is InChI=1S/C13H28N2/c1-4-6-7-12(5-2)14-10-11-15(3)13-8-9-13/h12-14H,4-11H2,1-3H3. The molecule has 1 N–H and O–H groups in total. The Morgan fingerprint density at radius 2 is 2.07 bits per heavy atom. The van der Waals surface area contributed by atoms with E-state index >= 15 is 0 Å². The van der Waals surface area contributed by atoms with Crippen LogP contribution in [-0.4, -0.2) is 37.1 Å². The van der Waals surface area contributed by atoms with E-state index in [1.807, 2.05) is 0 Å². The highest BCUT2D eigenvalue weighted by atomic mass is 15.2. The second-order valence-corrected chi connectivity index (χ2v) is 4.91. The molecule has 1 unspecified atom stereocenters. The summed E-state index contributed by atoms with van der Waals surface area (Å²) in [4.78, 5) is 2.50. The number of rotatable bonds is 9. The van der Waals surface area contributed by atoms with Crippen molar-refractivity contribution in [3.05, 3.63) is 0 Å². The normalized spacial score (nSPS) is 18.4. The van der Waals surface area contributed by atoms with Crippen LogP contribution >= 0.6 is 0 Å². The van der Waals surface area contributed by atoms with Crippen molar-refractivity contribution in [3.8, 4) is 0 Å². The van der Waals surface area contributed by atoms with Gasteiger partial charge in [-0.15, -0.1) is 0 Å². The Bertz CT molecular complexity index is 155. The average molecular weight is 212 g/mol. The van der Waals surface area contributed by atoms with E-state index in [1.54, 1.807) is 0 Å². The molecule has 0 bridgehead atoms. The largest absolute Gasteiger partial charge is 0.313 e. The molecule has 0 aromatic carbocycles. The van der Waals surface area contributed by atoms with Gasteiger partial charge in [-0.3, -0.25) is 0 Å². The van der Waals surface area contributed by atoms with Gasteiger partial charge in [0.1, 0.15) is 0 Å². The van der Waals surface area contributed by atoms with E-state index in [-0.39, 0.29) is 0 Å². The second kappa shape index (κ2) is 7.24. The molecule has 1 saturated carbocycles. The van der Waals surface area contributed by atoms with Crippen LogP contribution < -0.4 is 5.32 Å². The van der Waals surface area contributed by atoms with Crippen LogP contribution in [0, 0.1) is 0 Å². The third kappa shape index (κ3) is 5.53. The molecule has 0 radical (unpaired) electrons. The van der Waals surface area contributed by atoms with Crippen molar-refractivity contribution in [2.75, 3.05) is 20.1 Å². The summed E-state index contributed by atoms with van der Waals surface area (Å²) in [5.41, 5.74) is 0. The molecule has 0 aromatic rings. The van der Waals surface area contributed by atoms with Crippen LogP contribution in [0.1, 0.15) is 52.4 Å². The van der Waals surface area contributed by atoms with Crippen molar-refractivity contribution in [2.24, 2.45) is 0 Å². The van der Waals surface area contributed by atoms with Gasteiger partial charge in [-0.1, -0.05) is 26.7 Å². The first-order valence-corrected chi connectivity index (χ1v) is 6.71. The SMILES string of the molecule is CCCCC(CC)NCCN(C)C1CC1. The fourth-order valence-electron chi connectivity index (χ4n) is 2.04. The number of hydrogen-bond donors (Lipinski definition) is 1. The average Bonchev–Trinajstić information content (AvgIpc) is 3.06. The molecular formula is C13H28N2. The van der Waals surface area contributed by atoms with Gasteiger partial charge in [0, 0.05) is 25.2 Å². The first-order chi connectivity index (χ1) is 7.27. The Labute approximate surface area is 95.4 Å². The maximum atomic E-state index is 3.68. The highest BCUT2D eigenvalue weighted by molar-refractivity contribution is 4.82. The minimum absolute atomic E-state index is 0.748. The lowest BCUT2D eigenvalue weighted by Gasteiger charge is -2.20. The van der Waals surface area contributed by atoms with E-state index < -0.39 is 0 Å². The molecule has 1 rings (SSSR count). The molecule has 90 valence electrons. The molecule has 0 aliphatic heterocycles. The number of likely N-dealkylation sites (N-methyl/N-ethyl adjacent to an activating group) is 1. The molecule has 0 saturated heterocycles. The van der Waals surface area contributed by atoms with Crippen LogP contribution in [0.4, 0.5) is 0 Å². The van der Waals surface area contributed by atoms with Gasteiger partial charge < -0.3 is 10.2 Å². The third-order valence-corrected chi connectivity index (χ3v) is 3.47. The Balaban J connectivity index is 1.99. The lowest BCUT2D eigenvalue weighted by molar-refractivity contribution is 0.309. The van der Waals surface area contributed by atoms with Crippen molar-refractivity contribution < 1.29 is 0 Å². The Morgan fingerprint density at radius 3 is 2.60 bits per heavy atom. The number of hydrogen-bond acceptors (Lipinski definition) is 2. The molecule has 1 atom stereocenters. The first kappa shape index (κ1) is 13.0. The summed E-state index contributed by atoms with van der Waals surface area (Å²) in [7, 11) is 2.26. The van der Waals surface area contributed by atoms with Gasteiger partial charge in [0.05, 0.1) is 0 Å². The molecule has 0 aromatic heterocycles. The van der Waals surface area contributed by atoms with Gasteiger partial charge in [-0.2, -0.15) is 0 Å². The molecule has 2 nitrogen and oxygen atoms in total. The fourth-order valence-corrected chi connectivity index (χ4v) is 2.04. The predicted octanol–water partition coefficient (Wildman–Crippen LogP) is 2.64. The Kier molecular flexibility index (Phi) is 6.26. The lowest BCUT2D eigenvalue weighted by Crippen LogP contribution is -2.36. The topological polar surface area (TPSA) is 15.3 Å². The summed E-state index contributed by atoms with van der Waals surface area (Å²) in [5.74, 6) is 0. The van der Waals surface area contributed by atoms with E-state index in [0.717, 1.165) is 18.6 Å². The van der Waals surface area contributed by atoms with Gasteiger partial charge in [-0.05, 0) is 32.7 Å². The molecule has 1 aliphatic rings. The van der Waals surface area contributed by atoms with Gasteiger partial charge in [-0.25, -0.2) is 0 Å². The Morgan fingerprint density at radius 1 is 1.33 bits per heavy atom. The summed E-state index contributed by atoms with van der Waals surface area (Å²) in [6.45, 7) is 6.94. The highest BCUT2D eigenvalue weighted by Crippen LogP contribution is 2.24. The molecule has 0 heterocycles. The zero-order valence-corrected chi connectivity index (χ0v) is 10.8. The molecule has 1 fully saturated rings. The molecule has 1 aliphatic carbocycles. The summed E-state index contributed by atoms with van der Waals surface area (Å²) in [5, 5.41) is 3.68. The van der Waals surface area contributed by atoms with Crippen LogP contribution in [0.5, 0.6) is 0 Å². The summed E-state index contributed by atoms with van der Waals surface area (Å²) in [6, 6.07) is 1.65. The predicted molar refractivity (Wildman–Crippen MR) is 67.3 cm³/mol. The summed E-state index contributed by atoms with van der Waals surface area (Å²) < 4.78 is 0. The van der Waals surface area contributed by atoms with Crippen molar-refractivity contribution in [1.29, 1.82) is 0 Å². The van der Waals surface area contributed by atoms with Gasteiger partial charge in [0.2, 0.25) is 0 Å². The maximum absolute atomic E-state index is 3.68. The van der Waals surface area contributed by atoms with Crippen LogP contribution in [0.15, 0.2) is 0 Å². The number of nitrogens with zero attached hydrogens (tertiary/aromatic N) is 1. The van der Waals surface area contributed by atoms with E-state index in [0.29, 0.717) is 0 Å². The molecular weight excluding hydrogens is 184 g/mol. The zero-order chi connectivity index (χ0) is 11.1. The number of nitrogens with one attached hydrogen (secondary N) is 1. The quantitative estimate of drug-likeness (QED) is 0.632. The molecule has 15 heavy (non-hydrogen) atoms. The molecule has 2 heteroatoms. The molecule has 0 spiro atoms. The third-order valence-electron chi connectivity index (χ3n) is 3.47. The summed E-state index contributed by atoms with van der Waals surface area (Å²) >= 11 is 0. The van der Waals surface area contributed by atoms with Crippen LogP contribution in [0.2, 0.25) is 0 Å². The van der Waals surface area contributed by atoms with Gasteiger partial charge in [0.15, 0.2) is 0 Å². The highest BCUT2D eigenvalue weighted by Gasteiger charge is 2.25. The minimum atomic E-state index is 0.748. The van der Waals surface area contributed by atoms with E-state index in [2.05, 4.69) is 31.1 Å². The molecule has 0 amide bonds. The lowest BCUT2D eigenvalue weighted by atomic mass is 10.1. The first-order valence-electron chi connectivity index (χ1n) is 6.71. The van der Waals surface area contributed by atoms with Gasteiger partial charge in [0.25, 0.3) is 0 Å². The number of unbranched alkanes of at least 4 members (excludes halogenated alkanes) is 1. The van der Waals surface area contributed by atoms with Crippen LogP contribution in [0.3, 0.4) is 0 Å².